The molecular formula is C22H28N4O2. The summed E-state index contributed by atoms with van der Waals surface area (Å²) in [5.41, 5.74) is 4.25. The molecule has 2 aromatic rings. The van der Waals surface area contributed by atoms with Crippen LogP contribution in [0.25, 0.3) is 0 Å². The molecule has 4 rings (SSSR count). The number of hydrogen-bond acceptors (Lipinski definition) is 6. The van der Waals surface area contributed by atoms with Crippen molar-refractivity contribution in [2.75, 3.05) is 39.2 Å². The van der Waals surface area contributed by atoms with Crippen LogP contribution in [-0.2, 0) is 17.8 Å². The number of likely N-dealkylation sites (N-methyl/N-ethyl adjacent to an activating group) is 1. The molecular weight excluding hydrogens is 352 g/mol. The Morgan fingerprint density at radius 3 is 2.89 bits per heavy atom. The maximum absolute atomic E-state index is 6.11. The van der Waals surface area contributed by atoms with Crippen LogP contribution in [-0.4, -0.2) is 56.1 Å². The first kappa shape index (κ1) is 18.7. The third-order valence-electron chi connectivity index (χ3n) is 5.69. The lowest BCUT2D eigenvalue weighted by Crippen LogP contribution is -2.32. The minimum absolute atomic E-state index is 0.524. The number of fused-ring (bicyclic) bond motifs is 1. The number of methoxy groups -OCH3 is 1. The van der Waals surface area contributed by atoms with E-state index in [1.807, 2.05) is 18.3 Å². The zero-order valence-corrected chi connectivity index (χ0v) is 17.1. The summed E-state index contributed by atoms with van der Waals surface area (Å²) in [5, 5.41) is 0. The maximum Gasteiger partial charge on any atom is 0.225 e. The third kappa shape index (κ3) is 3.44. The molecule has 6 heteroatoms. The zero-order valence-electron chi connectivity index (χ0n) is 17.1. The Hall–Kier alpha value is -2.60. The van der Waals surface area contributed by atoms with E-state index in [9.17, 15) is 0 Å². The summed E-state index contributed by atoms with van der Waals surface area (Å²) in [6.07, 6.45) is 3.90. The molecule has 1 aromatic heterocycles. The molecule has 1 atom stereocenters. The second kappa shape index (κ2) is 7.80. The lowest BCUT2D eigenvalue weighted by molar-refractivity contribution is 0.287. The van der Waals surface area contributed by atoms with Crippen LogP contribution in [0.3, 0.4) is 0 Å². The van der Waals surface area contributed by atoms with Gasteiger partial charge in [0.15, 0.2) is 0 Å². The van der Waals surface area contributed by atoms with Crippen molar-refractivity contribution in [1.29, 1.82) is 0 Å². The highest BCUT2D eigenvalue weighted by Crippen LogP contribution is 2.35. The molecule has 0 amide bonds. The lowest BCUT2D eigenvalue weighted by Gasteiger charge is -2.25. The Bertz CT molecular complexity index is 894. The molecule has 0 unspecified atom stereocenters. The first-order valence-corrected chi connectivity index (χ1v) is 9.88. The fourth-order valence-corrected chi connectivity index (χ4v) is 3.98. The molecule has 1 fully saturated rings. The largest absolute Gasteiger partial charge is 0.497 e. The number of aryl methyl sites for hydroxylation is 1. The lowest BCUT2D eigenvalue weighted by atomic mass is 10.0. The molecule has 2 aliphatic rings. The van der Waals surface area contributed by atoms with E-state index >= 15 is 0 Å². The smallest absolute Gasteiger partial charge is 0.225 e. The fourth-order valence-electron chi connectivity index (χ4n) is 3.98. The Morgan fingerprint density at radius 2 is 2.18 bits per heavy atom. The van der Waals surface area contributed by atoms with Gasteiger partial charge in [0.25, 0.3) is 0 Å². The highest BCUT2D eigenvalue weighted by molar-refractivity contribution is 6.01. The molecule has 0 aliphatic carbocycles. The summed E-state index contributed by atoms with van der Waals surface area (Å²) in [5.74, 6) is 2.42. The minimum Gasteiger partial charge on any atom is -0.497 e. The Labute approximate surface area is 166 Å². The number of ether oxygens (including phenoxy) is 2. The van der Waals surface area contributed by atoms with Crippen LogP contribution < -0.4 is 9.64 Å². The predicted molar refractivity (Wildman–Crippen MR) is 112 cm³/mol. The number of benzene rings is 1. The molecule has 148 valence electrons. The first-order chi connectivity index (χ1) is 13.6. The van der Waals surface area contributed by atoms with Crippen LogP contribution in [0.15, 0.2) is 35.5 Å². The standard InChI is InChI=1S/C22H28N4O2/c1-5-15-11-17(27-4)12-20-19(15)14-28-22(24-20)18-7-6-9-23-21(18)26-10-8-16(13-26)25(2)3/h6-7,9,11-12,16H,5,8,10,13-14H2,1-4H3/t16-/m0/s1. The molecule has 6 nitrogen and oxygen atoms in total. The van der Waals surface area contributed by atoms with Crippen molar-refractivity contribution in [3.63, 3.8) is 0 Å². The minimum atomic E-state index is 0.524. The molecule has 1 aromatic carbocycles. The van der Waals surface area contributed by atoms with Gasteiger partial charge >= 0.3 is 0 Å². The fraction of sp³-hybridized carbons (Fsp3) is 0.455. The van der Waals surface area contributed by atoms with Crippen LogP contribution >= 0.6 is 0 Å². The average Bonchev–Trinajstić information content (AvgIpc) is 3.23. The van der Waals surface area contributed by atoms with Gasteiger partial charge in [0.2, 0.25) is 5.90 Å². The van der Waals surface area contributed by atoms with Gasteiger partial charge in [-0.25, -0.2) is 9.98 Å². The van der Waals surface area contributed by atoms with E-state index in [2.05, 4.69) is 47.9 Å². The number of anilines is 1. The average molecular weight is 380 g/mol. The van der Waals surface area contributed by atoms with E-state index in [0.717, 1.165) is 54.3 Å². The zero-order chi connectivity index (χ0) is 19.7. The first-order valence-electron chi connectivity index (χ1n) is 9.88. The number of hydrogen-bond donors (Lipinski definition) is 0. The monoisotopic (exact) mass is 380 g/mol. The van der Waals surface area contributed by atoms with Gasteiger partial charge in [-0.3, -0.25) is 0 Å². The van der Waals surface area contributed by atoms with Crippen LogP contribution in [0.5, 0.6) is 5.75 Å². The van der Waals surface area contributed by atoms with E-state index in [4.69, 9.17) is 14.5 Å². The topological polar surface area (TPSA) is 50.2 Å². The molecule has 0 radical (unpaired) electrons. The van der Waals surface area contributed by atoms with Gasteiger partial charge in [-0.05, 0) is 50.7 Å². The summed E-state index contributed by atoms with van der Waals surface area (Å²) in [7, 11) is 5.97. The molecule has 0 N–H and O–H groups in total. The molecule has 0 saturated carbocycles. The Kier molecular flexibility index (Phi) is 5.22. The van der Waals surface area contributed by atoms with E-state index in [1.54, 1.807) is 7.11 Å². The second-order valence-electron chi connectivity index (χ2n) is 7.57. The van der Waals surface area contributed by atoms with E-state index < -0.39 is 0 Å². The van der Waals surface area contributed by atoms with Gasteiger partial charge in [0.1, 0.15) is 18.2 Å². The van der Waals surface area contributed by atoms with Gasteiger partial charge in [-0.1, -0.05) is 6.92 Å². The van der Waals surface area contributed by atoms with Crippen LogP contribution in [0.2, 0.25) is 0 Å². The molecule has 3 heterocycles. The Morgan fingerprint density at radius 1 is 1.32 bits per heavy atom. The quantitative estimate of drug-likeness (QED) is 0.796. The number of aliphatic imine (C=N–C) groups is 1. The predicted octanol–water partition coefficient (Wildman–Crippen LogP) is 3.40. The van der Waals surface area contributed by atoms with Gasteiger partial charge in [-0.15, -0.1) is 0 Å². The van der Waals surface area contributed by atoms with Crippen LogP contribution in [0.4, 0.5) is 11.5 Å². The molecule has 1 saturated heterocycles. The normalized spacial score (nSPS) is 18.7. The summed E-state index contributed by atoms with van der Waals surface area (Å²) < 4.78 is 11.6. The van der Waals surface area contributed by atoms with Crippen molar-refractivity contribution in [2.45, 2.75) is 32.4 Å². The Balaban J connectivity index is 1.71. The summed E-state index contributed by atoms with van der Waals surface area (Å²) in [6.45, 7) is 4.62. The molecule has 0 spiro atoms. The summed E-state index contributed by atoms with van der Waals surface area (Å²) in [6, 6.07) is 8.61. The number of aromatic nitrogens is 1. The second-order valence-corrected chi connectivity index (χ2v) is 7.57. The molecule has 28 heavy (non-hydrogen) atoms. The van der Waals surface area contributed by atoms with Crippen LogP contribution in [0.1, 0.15) is 30.0 Å². The van der Waals surface area contributed by atoms with Crippen molar-refractivity contribution in [1.82, 2.24) is 9.88 Å². The van der Waals surface area contributed by atoms with Crippen molar-refractivity contribution in [3.8, 4) is 5.75 Å². The molecule has 2 aliphatic heterocycles. The van der Waals surface area contributed by atoms with E-state index in [1.165, 1.54) is 5.56 Å². The number of pyridine rings is 1. The van der Waals surface area contributed by atoms with Gasteiger partial charge < -0.3 is 19.3 Å². The summed E-state index contributed by atoms with van der Waals surface area (Å²) >= 11 is 0. The van der Waals surface area contributed by atoms with E-state index in [0.29, 0.717) is 18.5 Å². The van der Waals surface area contributed by atoms with Crippen LogP contribution in [0, 0.1) is 0 Å². The number of nitrogens with zero attached hydrogens (tertiary/aromatic N) is 4. The van der Waals surface area contributed by atoms with Crippen molar-refractivity contribution in [2.24, 2.45) is 4.99 Å². The SMILES string of the molecule is CCc1cc(OC)cc2c1COC(c1cccnc1N1CC[C@H](N(C)C)C1)=N2. The maximum atomic E-state index is 6.11. The highest BCUT2D eigenvalue weighted by atomic mass is 16.5. The van der Waals surface area contributed by atoms with Crippen molar-refractivity contribution in [3.05, 3.63) is 47.2 Å². The third-order valence-corrected chi connectivity index (χ3v) is 5.69. The van der Waals surface area contributed by atoms with E-state index in [-0.39, 0.29) is 0 Å². The number of rotatable bonds is 5. The van der Waals surface area contributed by atoms with Gasteiger partial charge in [0.05, 0.1) is 18.4 Å². The highest BCUT2D eigenvalue weighted by Gasteiger charge is 2.28. The summed E-state index contributed by atoms with van der Waals surface area (Å²) in [4.78, 5) is 14.2. The van der Waals surface area contributed by atoms with Gasteiger partial charge in [-0.2, -0.15) is 0 Å². The van der Waals surface area contributed by atoms with Crippen molar-refractivity contribution >= 4 is 17.4 Å². The van der Waals surface area contributed by atoms with Crippen molar-refractivity contribution < 1.29 is 9.47 Å². The van der Waals surface area contributed by atoms with Gasteiger partial charge in [0, 0.05) is 37.0 Å². The molecule has 0 bridgehead atoms.